The van der Waals surface area contributed by atoms with Crippen LogP contribution in [0.3, 0.4) is 0 Å². The fourth-order valence-corrected chi connectivity index (χ4v) is 3.18. The van der Waals surface area contributed by atoms with Gasteiger partial charge in [0.1, 0.15) is 18.2 Å². The van der Waals surface area contributed by atoms with Crippen LogP contribution in [0.1, 0.15) is 18.6 Å². The van der Waals surface area contributed by atoms with E-state index in [0.29, 0.717) is 0 Å². The van der Waals surface area contributed by atoms with E-state index in [1.165, 1.54) is 5.56 Å². The van der Waals surface area contributed by atoms with Crippen LogP contribution in [0, 0.1) is 0 Å². The standard InChI is InChI=1S/C17H19N5O/c1-12-9-22(10-15(23-12)13-6-4-3-5-7-13)17-14-8-20-21(2)16(14)18-11-19-17/h3-8,11-12,15H,9-10H2,1-2H3. The molecule has 1 aromatic carbocycles. The van der Waals surface area contributed by atoms with Crippen molar-refractivity contribution < 1.29 is 4.74 Å². The molecule has 0 N–H and O–H groups in total. The number of anilines is 1. The molecule has 0 bridgehead atoms. The van der Waals surface area contributed by atoms with Gasteiger partial charge in [-0.15, -0.1) is 0 Å². The lowest BCUT2D eigenvalue weighted by atomic mass is 10.1. The van der Waals surface area contributed by atoms with Gasteiger partial charge in [0, 0.05) is 20.1 Å². The van der Waals surface area contributed by atoms with Gasteiger partial charge in [0.05, 0.1) is 17.7 Å². The molecule has 0 radical (unpaired) electrons. The van der Waals surface area contributed by atoms with E-state index in [9.17, 15) is 0 Å². The van der Waals surface area contributed by atoms with Crippen molar-refractivity contribution in [2.75, 3.05) is 18.0 Å². The number of aromatic nitrogens is 4. The number of ether oxygens (including phenoxy) is 1. The molecular formula is C17H19N5O. The highest BCUT2D eigenvalue weighted by molar-refractivity contribution is 5.86. The molecule has 0 aliphatic carbocycles. The number of hydrogen-bond acceptors (Lipinski definition) is 5. The number of fused-ring (bicyclic) bond motifs is 1. The summed E-state index contributed by atoms with van der Waals surface area (Å²) in [5.41, 5.74) is 2.05. The molecule has 1 fully saturated rings. The fourth-order valence-electron chi connectivity index (χ4n) is 3.18. The molecule has 23 heavy (non-hydrogen) atoms. The van der Waals surface area contributed by atoms with Crippen molar-refractivity contribution in [2.24, 2.45) is 7.05 Å². The van der Waals surface area contributed by atoms with Crippen LogP contribution in [-0.2, 0) is 11.8 Å². The Bertz CT molecular complexity index is 816. The van der Waals surface area contributed by atoms with Gasteiger partial charge in [-0.3, -0.25) is 4.68 Å². The largest absolute Gasteiger partial charge is 0.367 e. The lowest BCUT2D eigenvalue weighted by Crippen LogP contribution is -2.43. The maximum Gasteiger partial charge on any atom is 0.163 e. The van der Waals surface area contributed by atoms with Gasteiger partial charge < -0.3 is 9.64 Å². The van der Waals surface area contributed by atoms with Crippen LogP contribution >= 0.6 is 0 Å². The molecule has 2 atom stereocenters. The van der Waals surface area contributed by atoms with Gasteiger partial charge in [-0.05, 0) is 12.5 Å². The summed E-state index contributed by atoms with van der Waals surface area (Å²) in [6.07, 6.45) is 3.62. The molecule has 3 aromatic rings. The van der Waals surface area contributed by atoms with Gasteiger partial charge in [0.25, 0.3) is 0 Å². The summed E-state index contributed by atoms with van der Waals surface area (Å²) in [6.45, 7) is 3.68. The minimum absolute atomic E-state index is 0.0432. The zero-order valence-corrected chi connectivity index (χ0v) is 13.3. The third-order valence-corrected chi connectivity index (χ3v) is 4.24. The first-order chi connectivity index (χ1) is 11.2. The molecular weight excluding hydrogens is 290 g/mol. The Balaban J connectivity index is 1.70. The van der Waals surface area contributed by atoms with Gasteiger partial charge in [0.15, 0.2) is 5.65 Å². The maximum absolute atomic E-state index is 6.14. The van der Waals surface area contributed by atoms with Crippen molar-refractivity contribution in [1.29, 1.82) is 0 Å². The van der Waals surface area contributed by atoms with Crippen molar-refractivity contribution in [3.05, 3.63) is 48.4 Å². The van der Waals surface area contributed by atoms with Crippen molar-refractivity contribution in [2.45, 2.75) is 19.1 Å². The van der Waals surface area contributed by atoms with Crippen LogP contribution in [-0.4, -0.2) is 38.9 Å². The zero-order chi connectivity index (χ0) is 15.8. The number of hydrogen-bond donors (Lipinski definition) is 0. The Kier molecular flexibility index (Phi) is 3.46. The number of morpholine rings is 1. The summed E-state index contributed by atoms with van der Waals surface area (Å²) in [5.74, 6) is 0.930. The van der Waals surface area contributed by atoms with Crippen LogP contribution in [0.25, 0.3) is 11.0 Å². The van der Waals surface area contributed by atoms with E-state index in [1.54, 1.807) is 11.0 Å². The predicted molar refractivity (Wildman–Crippen MR) is 88.2 cm³/mol. The van der Waals surface area contributed by atoms with E-state index >= 15 is 0 Å². The van der Waals surface area contributed by atoms with Crippen molar-refractivity contribution in [3.63, 3.8) is 0 Å². The molecule has 0 spiro atoms. The maximum atomic E-state index is 6.14. The van der Waals surface area contributed by atoms with Crippen LogP contribution in [0.2, 0.25) is 0 Å². The van der Waals surface area contributed by atoms with Gasteiger partial charge in [-0.2, -0.15) is 5.10 Å². The van der Waals surface area contributed by atoms with E-state index < -0.39 is 0 Å². The molecule has 2 aromatic heterocycles. The molecule has 1 saturated heterocycles. The van der Waals surface area contributed by atoms with E-state index in [1.807, 2.05) is 31.4 Å². The highest BCUT2D eigenvalue weighted by Crippen LogP contribution is 2.30. The molecule has 118 valence electrons. The fraction of sp³-hybridized carbons (Fsp3) is 0.353. The monoisotopic (exact) mass is 309 g/mol. The Labute approximate surface area is 134 Å². The number of nitrogens with zero attached hydrogens (tertiary/aromatic N) is 5. The Morgan fingerprint density at radius 2 is 1.96 bits per heavy atom. The van der Waals surface area contributed by atoms with Crippen molar-refractivity contribution >= 4 is 16.9 Å². The minimum Gasteiger partial charge on any atom is -0.367 e. The average Bonchev–Trinajstić information content (AvgIpc) is 2.96. The van der Waals surface area contributed by atoms with Gasteiger partial charge >= 0.3 is 0 Å². The highest BCUT2D eigenvalue weighted by atomic mass is 16.5. The van der Waals surface area contributed by atoms with Crippen LogP contribution in [0.15, 0.2) is 42.9 Å². The normalized spacial score (nSPS) is 21.7. The summed E-state index contributed by atoms with van der Waals surface area (Å²) in [7, 11) is 1.90. The molecule has 0 amide bonds. The average molecular weight is 309 g/mol. The SMILES string of the molecule is CC1CN(c2ncnc3c2cnn3C)CC(c2ccccc2)O1. The lowest BCUT2D eigenvalue weighted by molar-refractivity contribution is -0.0175. The molecule has 4 rings (SSSR count). The van der Waals surface area contributed by atoms with Gasteiger partial charge in [0.2, 0.25) is 0 Å². The minimum atomic E-state index is 0.0432. The summed E-state index contributed by atoms with van der Waals surface area (Å²) in [6, 6.07) is 10.3. The Morgan fingerprint density at radius 3 is 2.78 bits per heavy atom. The first kappa shape index (κ1) is 14.1. The third kappa shape index (κ3) is 2.55. The summed E-state index contributed by atoms with van der Waals surface area (Å²) in [5, 5.41) is 5.29. The second-order valence-electron chi connectivity index (χ2n) is 5.95. The van der Waals surface area contributed by atoms with Crippen LogP contribution in [0.5, 0.6) is 0 Å². The van der Waals surface area contributed by atoms with Crippen LogP contribution in [0.4, 0.5) is 5.82 Å². The zero-order valence-electron chi connectivity index (χ0n) is 13.3. The second-order valence-corrected chi connectivity index (χ2v) is 5.95. The quantitative estimate of drug-likeness (QED) is 0.727. The summed E-state index contributed by atoms with van der Waals surface area (Å²) >= 11 is 0. The van der Waals surface area contributed by atoms with E-state index in [4.69, 9.17) is 4.74 Å². The summed E-state index contributed by atoms with van der Waals surface area (Å²) < 4.78 is 7.91. The Morgan fingerprint density at radius 1 is 1.13 bits per heavy atom. The van der Waals surface area contributed by atoms with E-state index in [2.05, 4.69) is 39.0 Å². The number of rotatable bonds is 2. The first-order valence-electron chi connectivity index (χ1n) is 7.80. The predicted octanol–water partition coefficient (Wildman–Crippen LogP) is 2.33. The lowest BCUT2D eigenvalue weighted by Gasteiger charge is -2.37. The Hall–Kier alpha value is -2.47. The second kappa shape index (κ2) is 5.62. The van der Waals surface area contributed by atoms with E-state index in [0.717, 1.165) is 29.9 Å². The molecule has 2 unspecified atom stereocenters. The number of aryl methyl sites for hydroxylation is 1. The third-order valence-electron chi connectivity index (χ3n) is 4.24. The molecule has 0 saturated carbocycles. The number of benzene rings is 1. The summed E-state index contributed by atoms with van der Waals surface area (Å²) in [4.78, 5) is 11.1. The molecule has 3 heterocycles. The topological polar surface area (TPSA) is 56.1 Å². The van der Waals surface area contributed by atoms with Crippen molar-refractivity contribution in [3.8, 4) is 0 Å². The first-order valence-corrected chi connectivity index (χ1v) is 7.80. The van der Waals surface area contributed by atoms with Crippen molar-refractivity contribution in [1.82, 2.24) is 19.7 Å². The highest BCUT2D eigenvalue weighted by Gasteiger charge is 2.28. The van der Waals surface area contributed by atoms with Gasteiger partial charge in [-0.1, -0.05) is 30.3 Å². The smallest absolute Gasteiger partial charge is 0.163 e. The molecule has 1 aliphatic heterocycles. The van der Waals surface area contributed by atoms with E-state index in [-0.39, 0.29) is 12.2 Å². The molecule has 6 nitrogen and oxygen atoms in total. The van der Waals surface area contributed by atoms with Crippen LogP contribution < -0.4 is 4.90 Å². The van der Waals surface area contributed by atoms with Gasteiger partial charge in [-0.25, -0.2) is 9.97 Å². The molecule has 1 aliphatic rings. The molecule has 6 heteroatoms.